The van der Waals surface area contributed by atoms with Gasteiger partial charge in [0.25, 0.3) is 0 Å². The van der Waals surface area contributed by atoms with E-state index in [1.165, 1.54) is 0 Å². The van der Waals surface area contributed by atoms with Crippen molar-refractivity contribution in [3.8, 4) is 0 Å². The van der Waals surface area contributed by atoms with Gasteiger partial charge in [0.2, 0.25) is 0 Å². The van der Waals surface area contributed by atoms with Crippen molar-refractivity contribution < 1.29 is 9.47 Å². The van der Waals surface area contributed by atoms with E-state index in [0.29, 0.717) is 25.2 Å². The first-order valence-corrected chi connectivity index (χ1v) is 5.28. The van der Waals surface area contributed by atoms with E-state index in [1.54, 1.807) is 7.11 Å². The highest BCUT2D eigenvalue weighted by molar-refractivity contribution is 4.78. The summed E-state index contributed by atoms with van der Waals surface area (Å²) in [7, 11) is 3.85. The molecule has 1 aliphatic rings. The molecule has 1 unspecified atom stereocenters. The van der Waals surface area contributed by atoms with Crippen LogP contribution in [0.5, 0.6) is 0 Å². The van der Waals surface area contributed by atoms with Crippen LogP contribution >= 0.6 is 0 Å². The molecule has 0 radical (unpaired) electrons. The van der Waals surface area contributed by atoms with E-state index in [4.69, 9.17) is 15.2 Å². The number of hydrogen-bond acceptors (Lipinski definition) is 4. The first-order chi connectivity index (χ1) is 6.79. The highest BCUT2D eigenvalue weighted by Crippen LogP contribution is 2.14. The fourth-order valence-electron chi connectivity index (χ4n) is 1.93. The number of hydrogen-bond donors (Lipinski definition) is 1. The van der Waals surface area contributed by atoms with Crippen molar-refractivity contribution >= 4 is 0 Å². The van der Waals surface area contributed by atoms with Crippen LogP contribution in [0, 0.1) is 0 Å². The van der Waals surface area contributed by atoms with Crippen LogP contribution in [0.3, 0.4) is 0 Å². The maximum absolute atomic E-state index is 5.71. The Balaban J connectivity index is 2.38. The smallest absolute Gasteiger partial charge is 0.0630 e. The van der Waals surface area contributed by atoms with Crippen molar-refractivity contribution in [1.29, 1.82) is 0 Å². The lowest BCUT2D eigenvalue weighted by Gasteiger charge is -2.36. The molecule has 2 N–H and O–H groups in total. The van der Waals surface area contributed by atoms with E-state index in [1.807, 2.05) is 0 Å². The molecule has 0 aromatic heterocycles. The molecular weight excluding hydrogens is 180 g/mol. The lowest BCUT2D eigenvalue weighted by atomic mass is 10.1. The second kappa shape index (κ2) is 6.35. The highest BCUT2D eigenvalue weighted by Gasteiger charge is 2.23. The molecule has 0 aromatic rings. The number of nitrogens with two attached hydrogens (primary N) is 1. The molecule has 1 atom stereocenters. The van der Waals surface area contributed by atoms with E-state index in [-0.39, 0.29) is 0 Å². The highest BCUT2D eigenvalue weighted by atomic mass is 16.5. The molecule has 1 rings (SSSR count). The third kappa shape index (κ3) is 3.20. The van der Waals surface area contributed by atoms with Crippen LogP contribution in [0.1, 0.15) is 12.8 Å². The molecule has 0 spiro atoms. The summed E-state index contributed by atoms with van der Waals surface area (Å²) in [6.45, 7) is 3.12. The van der Waals surface area contributed by atoms with Crippen LogP contribution in [0.2, 0.25) is 0 Å². The fourth-order valence-corrected chi connectivity index (χ4v) is 1.93. The summed E-state index contributed by atoms with van der Waals surface area (Å²) < 4.78 is 10.5. The van der Waals surface area contributed by atoms with Gasteiger partial charge in [-0.05, 0) is 19.9 Å². The third-order valence-electron chi connectivity index (χ3n) is 2.97. The van der Waals surface area contributed by atoms with Gasteiger partial charge in [-0.15, -0.1) is 0 Å². The number of likely N-dealkylation sites (N-methyl/N-ethyl adjacent to an activating group) is 1. The molecule has 0 aromatic carbocycles. The summed E-state index contributed by atoms with van der Waals surface area (Å²) >= 11 is 0. The van der Waals surface area contributed by atoms with Gasteiger partial charge in [0, 0.05) is 39.0 Å². The molecule has 4 nitrogen and oxygen atoms in total. The van der Waals surface area contributed by atoms with Crippen molar-refractivity contribution in [2.45, 2.75) is 24.9 Å². The topological polar surface area (TPSA) is 47.7 Å². The van der Waals surface area contributed by atoms with E-state index in [0.717, 1.165) is 26.1 Å². The summed E-state index contributed by atoms with van der Waals surface area (Å²) in [6, 6.07) is 0.940. The molecule has 1 fully saturated rings. The summed E-state index contributed by atoms with van der Waals surface area (Å²) in [5, 5.41) is 0. The van der Waals surface area contributed by atoms with Crippen molar-refractivity contribution in [1.82, 2.24) is 4.90 Å². The van der Waals surface area contributed by atoms with Gasteiger partial charge in [-0.3, -0.25) is 4.90 Å². The summed E-state index contributed by atoms with van der Waals surface area (Å²) in [5.74, 6) is 0. The molecule has 84 valence electrons. The number of rotatable bonds is 5. The Morgan fingerprint density at radius 2 is 2.14 bits per heavy atom. The Kier molecular flexibility index (Phi) is 5.40. The molecule has 0 bridgehead atoms. The first kappa shape index (κ1) is 11.9. The minimum absolute atomic E-state index is 0.336. The minimum atomic E-state index is 0.336. The van der Waals surface area contributed by atoms with Crippen LogP contribution in [0.4, 0.5) is 0 Å². The lowest BCUT2D eigenvalue weighted by molar-refractivity contribution is 0.0133. The first-order valence-electron chi connectivity index (χ1n) is 5.28. The van der Waals surface area contributed by atoms with E-state index >= 15 is 0 Å². The molecular formula is C10H22N2O2. The lowest BCUT2D eigenvalue weighted by Crippen LogP contribution is -2.48. The zero-order valence-electron chi connectivity index (χ0n) is 9.24. The summed E-state index contributed by atoms with van der Waals surface area (Å²) in [4.78, 5) is 2.34. The van der Waals surface area contributed by atoms with E-state index < -0.39 is 0 Å². The Morgan fingerprint density at radius 3 is 2.64 bits per heavy atom. The molecule has 4 heteroatoms. The van der Waals surface area contributed by atoms with E-state index in [2.05, 4.69) is 11.9 Å². The summed E-state index contributed by atoms with van der Waals surface area (Å²) in [6.07, 6.45) is 2.22. The summed E-state index contributed by atoms with van der Waals surface area (Å²) in [5.41, 5.74) is 5.71. The van der Waals surface area contributed by atoms with Crippen LogP contribution in [-0.2, 0) is 9.47 Å². The maximum atomic E-state index is 5.71. The molecule has 1 aliphatic heterocycles. The maximum Gasteiger partial charge on any atom is 0.0630 e. The number of ether oxygens (including phenoxy) is 2. The Hall–Kier alpha value is -0.160. The largest absolute Gasteiger partial charge is 0.383 e. The Morgan fingerprint density at radius 1 is 1.50 bits per heavy atom. The third-order valence-corrected chi connectivity index (χ3v) is 2.97. The SMILES string of the molecule is COCC(CN)N(C)C1CCOCC1. The van der Waals surface area contributed by atoms with Crippen LogP contribution in [-0.4, -0.2) is 57.5 Å². The van der Waals surface area contributed by atoms with Crippen molar-refractivity contribution in [2.75, 3.05) is 40.5 Å². The molecule has 0 aliphatic carbocycles. The van der Waals surface area contributed by atoms with Crippen molar-refractivity contribution in [3.63, 3.8) is 0 Å². The Labute approximate surface area is 86.3 Å². The van der Waals surface area contributed by atoms with Gasteiger partial charge in [0.15, 0.2) is 0 Å². The second-order valence-corrected chi connectivity index (χ2v) is 3.85. The minimum Gasteiger partial charge on any atom is -0.383 e. The molecule has 0 amide bonds. The number of methoxy groups -OCH3 is 1. The second-order valence-electron chi connectivity index (χ2n) is 3.85. The predicted octanol–water partition coefficient (Wildman–Crippen LogP) is 0.0709. The number of nitrogens with zero attached hydrogens (tertiary/aromatic N) is 1. The average Bonchev–Trinajstić information content (AvgIpc) is 2.26. The normalized spacial score (nSPS) is 21.4. The quantitative estimate of drug-likeness (QED) is 0.685. The van der Waals surface area contributed by atoms with Crippen LogP contribution in [0.25, 0.3) is 0 Å². The fraction of sp³-hybridized carbons (Fsp3) is 1.00. The van der Waals surface area contributed by atoms with Crippen LogP contribution < -0.4 is 5.73 Å². The molecule has 1 saturated heterocycles. The molecule has 14 heavy (non-hydrogen) atoms. The van der Waals surface area contributed by atoms with Gasteiger partial charge in [-0.1, -0.05) is 0 Å². The van der Waals surface area contributed by atoms with Gasteiger partial charge in [0.1, 0.15) is 0 Å². The van der Waals surface area contributed by atoms with Gasteiger partial charge in [0.05, 0.1) is 6.61 Å². The van der Waals surface area contributed by atoms with Crippen LogP contribution in [0.15, 0.2) is 0 Å². The molecule has 0 saturated carbocycles. The van der Waals surface area contributed by atoms with Gasteiger partial charge < -0.3 is 15.2 Å². The van der Waals surface area contributed by atoms with Gasteiger partial charge >= 0.3 is 0 Å². The van der Waals surface area contributed by atoms with Gasteiger partial charge in [-0.2, -0.15) is 0 Å². The standard InChI is InChI=1S/C10H22N2O2/c1-12(10(7-11)8-13-2)9-3-5-14-6-4-9/h9-10H,3-8,11H2,1-2H3. The zero-order valence-corrected chi connectivity index (χ0v) is 9.24. The molecule has 1 heterocycles. The van der Waals surface area contributed by atoms with E-state index in [9.17, 15) is 0 Å². The van der Waals surface area contributed by atoms with Gasteiger partial charge in [-0.25, -0.2) is 0 Å². The monoisotopic (exact) mass is 202 g/mol. The predicted molar refractivity (Wildman–Crippen MR) is 56.3 cm³/mol. The van der Waals surface area contributed by atoms with Crippen molar-refractivity contribution in [2.24, 2.45) is 5.73 Å². The average molecular weight is 202 g/mol. The Bertz CT molecular complexity index is 144. The van der Waals surface area contributed by atoms with Crippen molar-refractivity contribution in [3.05, 3.63) is 0 Å². The zero-order chi connectivity index (χ0) is 10.4.